The van der Waals surface area contributed by atoms with E-state index in [1.807, 2.05) is 30.3 Å². The molecule has 1 aliphatic carbocycles. The first-order valence-electron chi connectivity index (χ1n) is 8.70. The van der Waals surface area contributed by atoms with E-state index in [0.29, 0.717) is 0 Å². The van der Waals surface area contributed by atoms with Crippen molar-refractivity contribution in [3.8, 4) is 0 Å². The van der Waals surface area contributed by atoms with Gasteiger partial charge >= 0.3 is 5.97 Å². The van der Waals surface area contributed by atoms with Gasteiger partial charge in [-0.2, -0.15) is 0 Å². The van der Waals surface area contributed by atoms with Gasteiger partial charge in [-0.05, 0) is 25.0 Å². The zero-order chi connectivity index (χ0) is 17.5. The minimum Gasteiger partial charge on any atom is -0.452 e. The fraction of sp³-hybridized carbons (Fsp3) is 0.350. The lowest BCUT2D eigenvalue weighted by molar-refractivity contribution is -0.144. The highest BCUT2D eigenvalue weighted by Gasteiger charge is 2.16. The third-order valence-corrected chi connectivity index (χ3v) is 4.38. The first-order valence-corrected chi connectivity index (χ1v) is 8.70. The summed E-state index contributed by atoms with van der Waals surface area (Å²) in [5.74, 6) is -0.771. The van der Waals surface area contributed by atoms with Gasteiger partial charge in [0.2, 0.25) is 0 Å². The Kier molecular flexibility index (Phi) is 5.77. The molecule has 5 nitrogen and oxygen atoms in total. The summed E-state index contributed by atoms with van der Waals surface area (Å²) in [5.41, 5.74) is 1.66. The molecular formula is C20H22N2O3. The minimum atomic E-state index is -0.535. The van der Waals surface area contributed by atoms with Crippen LogP contribution in [0.4, 0.5) is 0 Å². The maximum Gasteiger partial charge on any atom is 0.331 e. The molecule has 0 aliphatic heterocycles. The van der Waals surface area contributed by atoms with Crippen LogP contribution in [-0.2, 0) is 14.3 Å². The minimum absolute atomic E-state index is 0.220. The molecule has 1 N–H and O–H groups in total. The Morgan fingerprint density at radius 2 is 1.96 bits per heavy atom. The van der Waals surface area contributed by atoms with Crippen LogP contribution in [0.15, 0.2) is 42.6 Å². The molecule has 1 aliphatic rings. The molecule has 0 atom stereocenters. The SMILES string of the molecule is O=C(COC(=O)/C=C/c1cccc2cccnc12)NC1CCCCC1. The number of hydrogen-bond donors (Lipinski definition) is 1. The quantitative estimate of drug-likeness (QED) is 0.671. The second-order valence-corrected chi connectivity index (χ2v) is 6.27. The molecule has 3 rings (SSSR count). The fourth-order valence-corrected chi connectivity index (χ4v) is 3.12. The maximum atomic E-state index is 11.8. The highest BCUT2D eigenvalue weighted by Crippen LogP contribution is 2.18. The van der Waals surface area contributed by atoms with Gasteiger partial charge in [-0.1, -0.05) is 43.5 Å². The molecule has 1 aromatic carbocycles. The standard InChI is InChI=1S/C20H22N2O3/c23-18(22-17-9-2-1-3-10-17)14-25-19(24)12-11-16-7-4-6-15-8-5-13-21-20(15)16/h4-8,11-13,17H,1-3,9-10,14H2,(H,22,23)/b12-11+. The van der Waals surface area contributed by atoms with E-state index in [0.717, 1.165) is 42.1 Å². The number of para-hydroxylation sites is 1. The monoisotopic (exact) mass is 338 g/mol. The van der Waals surface area contributed by atoms with Gasteiger partial charge in [0.1, 0.15) is 0 Å². The van der Waals surface area contributed by atoms with Gasteiger partial charge in [0.25, 0.3) is 5.91 Å². The van der Waals surface area contributed by atoms with E-state index in [1.165, 1.54) is 12.5 Å². The van der Waals surface area contributed by atoms with Gasteiger partial charge in [-0.15, -0.1) is 0 Å². The number of carbonyl (C=O) groups is 2. The molecule has 0 saturated heterocycles. The normalized spacial score (nSPS) is 15.4. The van der Waals surface area contributed by atoms with Crippen LogP contribution >= 0.6 is 0 Å². The average molecular weight is 338 g/mol. The highest BCUT2D eigenvalue weighted by atomic mass is 16.5. The summed E-state index contributed by atoms with van der Waals surface area (Å²) < 4.78 is 5.02. The number of hydrogen-bond acceptors (Lipinski definition) is 4. The molecule has 0 unspecified atom stereocenters. The number of ether oxygens (including phenoxy) is 1. The van der Waals surface area contributed by atoms with Crippen LogP contribution in [0.5, 0.6) is 0 Å². The van der Waals surface area contributed by atoms with Crippen LogP contribution in [0.25, 0.3) is 17.0 Å². The number of fused-ring (bicyclic) bond motifs is 1. The molecule has 5 heteroatoms. The van der Waals surface area contributed by atoms with Crippen molar-refractivity contribution < 1.29 is 14.3 Å². The first kappa shape index (κ1) is 17.1. The van der Waals surface area contributed by atoms with Gasteiger partial charge in [0.15, 0.2) is 6.61 Å². The number of esters is 1. The van der Waals surface area contributed by atoms with Crippen molar-refractivity contribution in [2.24, 2.45) is 0 Å². The number of rotatable bonds is 5. The van der Waals surface area contributed by atoms with Crippen LogP contribution in [0.3, 0.4) is 0 Å². The Balaban J connectivity index is 1.51. The van der Waals surface area contributed by atoms with Gasteiger partial charge in [0.05, 0.1) is 5.52 Å². The van der Waals surface area contributed by atoms with Crippen molar-refractivity contribution in [2.45, 2.75) is 38.1 Å². The molecule has 1 saturated carbocycles. The van der Waals surface area contributed by atoms with Gasteiger partial charge in [-0.3, -0.25) is 9.78 Å². The van der Waals surface area contributed by atoms with Crippen molar-refractivity contribution in [1.82, 2.24) is 10.3 Å². The molecule has 1 fully saturated rings. The Labute approximate surface area is 147 Å². The van der Waals surface area contributed by atoms with E-state index in [2.05, 4.69) is 10.3 Å². The van der Waals surface area contributed by atoms with E-state index in [-0.39, 0.29) is 18.6 Å². The van der Waals surface area contributed by atoms with E-state index < -0.39 is 5.97 Å². The second kappa shape index (κ2) is 8.42. The van der Waals surface area contributed by atoms with Crippen molar-refractivity contribution in [1.29, 1.82) is 0 Å². The van der Waals surface area contributed by atoms with E-state index in [9.17, 15) is 9.59 Å². The summed E-state index contributed by atoms with van der Waals surface area (Å²) in [5, 5.41) is 3.93. The van der Waals surface area contributed by atoms with Crippen LogP contribution in [0.2, 0.25) is 0 Å². The van der Waals surface area contributed by atoms with Gasteiger partial charge in [-0.25, -0.2) is 4.79 Å². The first-order chi connectivity index (χ1) is 12.2. The number of nitrogens with zero attached hydrogens (tertiary/aromatic N) is 1. The summed E-state index contributed by atoms with van der Waals surface area (Å²) in [6, 6.07) is 9.81. The summed E-state index contributed by atoms with van der Waals surface area (Å²) >= 11 is 0. The van der Waals surface area contributed by atoms with Crippen LogP contribution in [0, 0.1) is 0 Å². The van der Waals surface area contributed by atoms with Crippen LogP contribution in [0.1, 0.15) is 37.7 Å². The highest BCUT2D eigenvalue weighted by molar-refractivity contribution is 5.93. The molecule has 2 aromatic rings. The molecule has 0 bridgehead atoms. The Morgan fingerprint density at radius 3 is 2.80 bits per heavy atom. The van der Waals surface area contributed by atoms with E-state index in [4.69, 9.17) is 4.74 Å². The number of amides is 1. The maximum absolute atomic E-state index is 11.8. The van der Waals surface area contributed by atoms with Crippen LogP contribution in [-0.4, -0.2) is 29.5 Å². The zero-order valence-corrected chi connectivity index (χ0v) is 14.1. The van der Waals surface area contributed by atoms with E-state index >= 15 is 0 Å². The molecule has 1 heterocycles. The Bertz CT molecular complexity index is 774. The molecule has 25 heavy (non-hydrogen) atoms. The summed E-state index contributed by atoms with van der Waals surface area (Å²) in [4.78, 5) is 28.0. The lowest BCUT2D eigenvalue weighted by Crippen LogP contribution is -2.38. The largest absolute Gasteiger partial charge is 0.452 e. The van der Waals surface area contributed by atoms with Crippen LogP contribution < -0.4 is 5.32 Å². The Morgan fingerprint density at radius 1 is 1.16 bits per heavy atom. The molecule has 0 radical (unpaired) electrons. The topological polar surface area (TPSA) is 68.3 Å². The number of nitrogens with one attached hydrogen (secondary N) is 1. The lowest BCUT2D eigenvalue weighted by Gasteiger charge is -2.22. The average Bonchev–Trinajstić information content (AvgIpc) is 2.65. The number of aromatic nitrogens is 1. The number of carbonyl (C=O) groups excluding carboxylic acids is 2. The van der Waals surface area contributed by atoms with Gasteiger partial charge < -0.3 is 10.1 Å². The van der Waals surface area contributed by atoms with Crippen molar-refractivity contribution in [3.05, 3.63) is 48.2 Å². The molecule has 1 aromatic heterocycles. The molecule has 1 amide bonds. The van der Waals surface area contributed by atoms with E-state index in [1.54, 1.807) is 12.3 Å². The Hall–Kier alpha value is -2.69. The number of benzene rings is 1. The molecule has 0 spiro atoms. The fourth-order valence-electron chi connectivity index (χ4n) is 3.12. The summed E-state index contributed by atoms with van der Waals surface area (Å²) in [7, 11) is 0. The van der Waals surface area contributed by atoms with Crippen molar-refractivity contribution >= 4 is 28.9 Å². The molecule has 130 valence electrons. The smallest absolute Gasteiger partial charge is 0.331 e. The lowest BCUT2D eigenvalue weighted by atomic mass is 9.95. The van der Waals surface area contributed by atoms with Gasteiger partial charge in [0, 0.05) is 29.3 Å². The van der Waals surface area contributed by atoms with Crippen molar-refractivity contribution in [2.75, 3.05) is 6.61 Å². The zero-order valence-electron chi connectivity index (χ0n) is 14.1. The summed E-state index contributed by atoms with van der Waals surface area (Å²) in [6.45, 7) is -0.243. The van der Waals surface area contributed by atoms with Crippen molar-refractivity contribution in [3.63, 3.8) is 0 Å². The number of pyridine rings is 1. The summed E-state index contributed by atoms with van der Waals surface area (Å²) in [6.07, 6.45) is 10.2. The third-order valence-electron chi connectivity index (χ3n) is 4.38. The second-order valence-electron chi connectivity index (χ2n) is 6.27. The third kappa shape index (κ3) is 4.89. The predicted molar refractivity (Wildman–Crippen MR) is 96.8 cm³/mol. The molecular weight excluding hydrogens is 316 g/mol. The predicted octanol–water partition coefficient (Wildman–Crippen LogP) is 3.24.